The normalized spacial score (nSPS) is 23.9. The first-order valence-electron chi connectivity index (χ1n) is 10.5. The lowest BCUT2D eigenvalue weighted by Crippen LogP contribution is -2.63. The molecular formula is C19H26N4O12. The van der Waals surface area contributed by atoms with Crippen LogP contribution in [-0.2, 0) is 9.53 Å². The predicted octanol–water partition coefficient (Wildman–Crippen LogP) is -0.910. The van der Waals surface area contributed by atoms with Gasteiger partial charge in [0.25, 0.3) is 11.4 Å². The van der Waals surface area contributed by atoms with Crippen LogP contribution in [0.1, 0.15) is 36.0 Å². The van der Waals surface area contributed by atoms with Gasteiger partial charge in [-0.1, -0.05) is 6.42 Å². The van der Waals surface area contributed by atoms with Gasteiger partial charge in [0.05, 0.1) is 28.1 Å². The first-order chi connectivity index (χ1) is 16.5. The van der Waals surface area contributed by atoms with Crippen LogP contribution in [0.3, 0.4) is 0 Å². The molecule has 2 rings (SSSR count). The second kappa shape index (κ2) is 12.3. The van der Waals surface area contributed by atoms with Crippen molar-refractivity contribution >= 4 is 28.9 Å². The van der Waals surface area contributed by atoms with Gasteiger partial charge in [-0.05, 0) is 12.8 Å². The van der Waals surface area contributed by atoms with Gasteiger partial charge in [0.1, 0.15) is 30.1 Å². The second-order valence-corrected chi connectivity index (χ2v) is 7.76. The molecule has 1 aliphatic heterocycles. The number of aliphatic hydroxyl groups is 4. The molecule has 0 aromatic heterocycles. The Labute approximate surface area is 197 Å². The average Bonchev–Trinajstić information content (AvgIpc) is 2.80. The third kappa shape index (κ3) is 7.03. The Bertz CT molecular complexity index is 921. The number of aromatic carboxylic acids is 1. The number of nitro groups is 2. The monoisotopic (exact) mass is 502 g/mol. The highest BCUT2D eigenvalue weighted by Gasteiger charge is 2.43. The topological polar surface area (TPSA) is 255 Å². The van der Waals surface area contributed by atoms with Crippen LogP contribution < -0.4 is 10.6 Å². The standard InChI is InChI=1S/C19H26N4O12/c24-8-12-15(26)16(27)17(28)18(35-12)21-13(25)4-2-1-3-5-20-14-10(19(29)30)6-9(22(31)32)7-11(14)23(33)34/h6-7,12,15-18,20,24,26-28H,1-5,8H2,(H,21,25)(H,29,30)/t12-,15-,16+,17-,18?/m1/s1. The molecule has 16 nitrogen and oxygen atoms in total. The molecule has 0 bridgehead atoms. The summed E-state index contributed by atoms with van der Waals surface area (Å²) in [6, 6.07) is 1.39. The molecule has 1 fully saturated rings. The fourth-order valence-corrected chi connectivity index (χ4v) is 3.47. The maximum atomic E-state index is 12.1. The molecule has 1 unspecified atom stereocenters. The molecule has 194 valence electrons. The number of nitrogens with one attached hydrogen (secondary N) is 2. The highest BCUT2D eigenvalue weighted by Crippen LogP contribution is 2.33. The molecule has 35 heavy (non-hydrogen) atoms. The summed E-state index contributed by atoms with van der Waals surface area (Å²) in [5, 5.41) is 75.0. The van der Waals surface area contributed by atoms with Crippen LogP contribution >= 0.6 is 0 Å². The lowest BCUT2D eigenvalue weighted by atomic mass is 9.98. The predicted molar refractivity (Wildman–Crippen MR) is 116 cm³/mol. The van der Waals surface area contributed by atoms with Crippen molar-refractivity contribution < 1.29 is 49.7 Å². The van der Waals surface area contributed by atoms with Crippen molar-refractivity contribution in [3.8, 4) is 0 Å². The lowest BCUT2D eigenvalue weighted by molar-refractivity contribution is -0.393. The van der Waals surface area contributed by atoms with E-state index in [-0.39, 0.29) is 18.7 Å². The first kappa shape index (κ1) is 27.8. The average molecular weight is 502 g/mol. The number of hydrogen-bond donors (Lipinski definition) is 7. The van der Waals surface area contributed by atoms with Gasteiger partial charge in [0, 0.05) is 19.0 Å². The molecule has 7 N–H and O–H groups in total. The van der Waals surface area contributed by atoms with Crippen molar-refractivity contribution in [2.24, 2.45) is 0 Å². The molecule has 1 aliphatic rings. The van der Waals surface area contributed by atoms with Gasteiger partial charge >= 0.3 is 5.97 Å². The van der Waals surface area contributed by atoms with Crippen LogP contribution in [0.4, 0.5) is 17.1 Å². The van der Waals surface area contributed by atoms with Crippen LogP contribution in [0, 0.1) is 20.2 Å². The summed E-state index contributed by atoms with van der Waals surface area (Å²) in [4.78, 5) is 43.9. The third-order valence-corrected chi connectivity index (χ3v) is 5.32. The number of nitro benzene ring substituents is 2. The van der Waals surface area contributed by atoms with Crippen LogP contribution in [-0.4, -0.2) is 91.1 Å². The van der Waals surface area contributed by atoms with Crippen molar-refractivity contribution in [1.82, 2.24) is 5.32 Å². The fraction of sp³-hybridized carbons (Fsp3) is 0.579. The van der Waals surface area contributed by atoms with E-state index in [1.54, 1.807) is 0 Å². The minimum atomic E-state index is -1.63. The first-order valence-corrected chi connectivity index (χ1v) is 10.5. The molecule has 1 amide bonds. The number of non-ortho nitro benzene ring substituents is 1. The molecule has 1 saturated heterocycles. The van der Waals surface area contributed by atoms with E-state index in [4.69, 9.17) is 9.84 Å². The fourth-order valence-electron chi connectivity index (χ4n) is 3.47. The van der Waals surface area contributed by atoms with Gasteiger partial charge in [0.15, 0.2) is 6.23 Å². The molecule has 16 heteroatoms. The van der Waals surface area contributed by atoms with E-state index in [1.807, 2.05) is 0 Å². The van der Waals surface area contributed by atoms with Gasteiger partial charge in [-0.2, -0.15) is 0 Å². The highest BCUT2D eigenvalue weighted by molar-refractivity contribution is 5.98. The number of aliphatic hydroxyl groups excluding tert-OH is 4. The summed E-state index contributed by atoms with van der Waals surface area (Å²) in [6.07, 6.45) is -6.19. The van der Waals surface area contributed by atoms with Gasteiger partial charge in [-0.15, -0.1) is 0 Å². The van der Waals surface area contributed by atoms with E-state index >= 15 is 0 Å². The number of benzene rings is 1. The van der Waals surface area contributed by atoms with Gasteiger partial charge in [-0.25, -0.2) is 4.79 Å². The Balaban J connectivity index is 1.86. The number of carbonyl (C=O) groups excluding carboxylic acids is 1. The van der Waals surface area contributed by atoms with E-state index in [9.17, 15) is 50.2 Å². The number of carbonyl (C=O) groups is 2. The van der Waals surface area contributed by atoms with E-state index in [0.717, 1.165) is 6.07 Å². The maximum Gasteiger partial charge on any atom is 0.338 e. The molecule has 1 aromatic carbocycles. The zero-order chi connectivity index (χ0) is 26.3. The number of rotatable bonds is 12. The molecular weight excluding hydrogens is 476 g/mol. The van der Waals surface area contributed by atoms with Crippen molar-refractivity contribution in [1.29, 1.82) is 0 Å². The number of ether oxygens (including phenoxy) is 1. The minimum Gasteiger partial charge on any atom is -0.478 e. The smallest absolute Gasteiger partial charge is 0.338 e. The molecule has 1 aromatic rings. The SMILES string of the molecule is O=C(CCCCCNc1c(C(=O)O)cc([N+](=O)[O-])cc1[N+](=O)[O-])NC1O[C@H](CO)[C@@H](O)[C@H](O)[C@H]1O. The Kier molecular flexibility index (Phi) is 9.78. The van der Waals surface area contributed by atoms with Crippen LogP contribution in [0.2, 0.25) is 0 Å². The Morgan fingerprint density at radius 3 is 2.26 bits per heavy atom. The summed E-state index contributed by atoms with van der Waals surface area (Å²) in [5.41, 5.74) is -2.47. The molecule has 0 aliphatic carbocycles. The largest absolute Gasteiger partial charge is 0.478 e. The van der Waals surface area contributed by atoms with E-state index in [1.165, 1.54) is 0 Å². The molecule has 0 radical (unpaired) electrons. The summed E-state index contributed by atoms with van der Waals surface area (Å²) in [7, 11) is 0. The zero-order valence-electron chi connectivity index (χ0n) is 18.3. The van der Waals surface area contributed by atoms with Crippen LogP contribution in [0.25, 0.3) is 0 Å². The van der Waals surface area contributed by atoms with E-state index in [0.29, 0.717) is 25.3 Å². The van der Waals surface area contributed by atoms with Crippen molar-refractivity contribution in [2.45, 2.75) is 56.3 Å². The molecule has 0 spiro atoms. The quantitative estimate of drug-likeness (QED) is 0.104. The number of carboxylic acids is 1. The number of carboxylic acid groups (broad SMARTS) is 1. The summed E-state index contributed by atoms with van der Waals surface area (Å²) in [5.74, 6) is -2.12. The Morgan fingerprint density at radius 2 is 1.69 bits per heavy atom. The van der Waals surface area contributed by atoms with Gasteiger partial charge in [-0.3, -0.25) is 25.0 Å². The van der Waals surface area contributed by atoms with Crippen molar-refractivity contribution in [3.63, 3.8) is 0 Å². The molecule has 0 saturated carbocycles. The van der Waals surface area contributed by atoms with Gasteiger partial charge in [0.2, 0.25) is 5.91 Å². The second-order valence-electron chi connectivity index (χ2n) is 7.76. The molecule has 5 atom stereocenters. The van der Waals surface area contributed by atoms with E-state index < -0.39 is 75.9 Å². The van der Waals surface area contributed by atoms with Crippen LogP contribution in [0.15, 0.2) is 12.1 Å². The van der Waals surface area contributed by atoms with E-state index in [2.05, 4.69) is 10.6 Å². The Morgan fingerprint density at radius 1 is 1.00 bits per heavy atom. The highest BCUT2D eigenvalue weighted by atomic mass is 16.6. The maximum absolute atomic E-state index is 12.1. The zero-order valence-corrected chi connectivity index (χ0v) is 18.3. The lowest BCUT2D eigenvalue weighted by Gasteiger charge is -2.40. The minimum absolute atomic E-state index is 0.0208. The summed E-state index contributed by atoms with van der Waals surface area (Å²) >= 11 is 0. The Hall–Kier alpha value is -3.44. The van der Waals surface area contributed by atoms with Gasteiger partial charge < -0.3 is 40.9 Å². The number of hydrogen-bond acceptors (Lipinski definition) is 12. The number of anilines is 1. The number of nitrogens with zero attached hydrogens (tertiary/aromatic N) is 2. The van der Waals surface area contributed by atoms with Crippen molar-refractivity contribution in [3.05, 3.63) is 37.9 Å². The van der Waals surface area contributed by atoms with Crippen LogP contribution in [0.5, 0.6) is 0 Å². The van der Waals surface area contributed by atoms with Crippen molar-refractivity contribution in [2.75, 3.05) is 18.5 Å². The summed E-state index contributed by atoms with van der Waals surface area (Å²) < 4.78 is 5.18. The number of unbranched alkanes of at least 4 members (excludes halogenated alkanes) is 2. The molecule has 1 heterocycles. The number of amides is 1. The summed E-state index contributed by atoms with van der Waals surface area (Å²) in [6.45, 7) is -0.561. The third-order valence-electron chi connectivity index (χ3n) is 5.32.